The van der Waals surface area contributed by atoms with E-state index in [0.29, 0.717) is 48.4 Å². The molecule has 0 aromatic rings. The molecule has 0 N–H and O–H groups in total. The Balaban J connectivity index is 1.16. The van der Waals surface area contributed by atoms with Gasteiger partial charge in [0.1, 0.15) is 11.9 Å². The molecule has 302 valence electrons. The van der Waals surface area contributed by atoms with Gasteiger partial charge in [0.2, 0.25) is 6.71 Å². The molecule has 11 aliphatic rings. The van der Waals surface area contributed by atoms with Crippen molar-refractivity contribution in [2.24, 2.45) is 34.0 Å². The number of rotatable bonds is 2. The molecule has 0 aromatic heterocycles. The predicted molar refractivity (Wildman–Crippen MR) is 238 cm³/mol. The summed E-state index contributed by atoms with van der Waals surface area (Å²) in [5.74, 6) is 3.48. The van der Waals surface area contributed by atoms with Crippen molar-refractivity contribution in [1.29, 1.82) is 0 Å². The molecule has 1 spiro atoms. The lowest BCUT2D eigenvalue weighted by Gasteiger charge is -2.62. The minimum absolute atomic E-state index is 0.0804. The van der Waals surface area contributed by atoms with Gasteiger partial charge in [-0.2, -0.15) is 0 Å². The smallest absolute Gasteiger partial charge is 0.214 e. The highest BCUT2D eigenvalue weighted by molar-refractivity contribution is 6.77. The Morgan fingerprint density at radius 3 is 2.40 bits per heavy atom. The highest BCUT2D eigenvalue weighted by Gasteiger charge is 2.70. The van der Waals surface area contributed by atoms with Crippen LogP contribution in [0.4, 0.5) is 0 Å². The van der Waals surface area contributed by atoms with Crippen LogP contribution in [0.3, 0.4) is 0 Å². The van der Waals surface area contributed by atoms with Crippen molar-refractivity contribution in [2.75, 3.05) is 0 Å². The first-order chi connectivity index (χ1) is 27.3. The summed E-state index contributed by atoms with van der Waals surface area (Å²) in [7, 11) is 0. The van der Waals surface area contributed by atoms with E-state index in [0.717, 1.165) is 6.42 Å². The van der Waals surface area contributed by atoms with Gasteiger partial charge in [0.15, 0.2) is 0 Å². The zero-order valence-corrected chi connectivity index (χ0v) is 36.7. The molecule has 0 aromatic carbocycles. The largest absolute Gasteiger partial charge is 0.488 e. The number of fused-ring (bicyclic) bond motifs is 7. The molecule has 0 radical (unpaired) electrons. The molecule has 3 fully saturated rings. The summed E-state index contributed by atoms with van der Waals surface area (Å²) in [6.45, 7) is 21.0. The maximum absolute atomic E-state index is 7.20. The van der Waals surface area contributed by atoms with E-state index in [4.69, 9.17) is 4.74 Å². The minimum atomic E-state index is 0.0804. The van der Waals surface area contributed by atoms with Crippen LogP contribution >= 0.6 is 0 Å². The van der Waals surface area contributed by atoms with E-state index >= 15 is 0 Å². The van der Waals surface area contributed by atoms with Crippen molar-refractivity contribution in [3.63, 3.8) is 0 Å². The standard InChI is InChI=1S/C53H71BN2O/c1-50(2,3)35-24-27-41-40(32-35)54-39-26-25-38(51(4,5)6)46-48(39)56(52(7,8)53(46)28-15-10-16-29-53)44-31-34(33-18-11-9-12-19-33)30-43(47(44)54)55(41)42-22-17-21-37-36-20-13-14-23-45(36)57-49(37)42/h11,14,17-19,21,23,25-26,32,34-36,39,41-42,44-45,48H,9-10,12-13,15-16,20,22,24,27-31H2,1-8H3. The van der Waals surface area contributed by atoms with Crippen LogP contribution in [0.2, 0.25) is 5.82 Å². The zero-order valence-electron chi connectivity index (χ0n) is 36.7. The van der Waals surface area contributed by atoms with Crippen LogP contribution in [0.1, 0.15) is 145 Å². The van der Waals surface area contributed by atoms with Gasteiger partial charge in [-0.15, -0.1) is 0 Å². The van der Waals surface area contributed by atoms with Crippen LogP contribution in [0, 0.1) is 34.0 Å². The quantitative estimate of drug-likeness (QED) is 0.206. The van der Waals surface area contributed by atoms with E-state index in [1.165, 1.54) is 94.8 Å². The van der Waals surface area contributed by atoms with Gasteiger partial charge in [-0.3, -0.25) is 4.90 Å². The molecule has 0 bridgehead atoms. The van der Waals surface area contributed by atoms with Crippen molar-refractivity contribution in [1.82, 2.24) is 9.80 Å². The Morgan fingerprint density at radius 2 is 1.65 bits per heavy atom. The minimum Gasteiger partial charge on any atom is -0.488 e. The second-order valence-electron chi connectivity index (χ2n) is 23.1. The van der Waals surface area contributed by atoms with Crippen molar-refractivity contribution in [2.45, 2.75) is 187 Å². The van der Waals surface area contributed by atoms with E-state index in [-0.39, 0.29) is 33.9 Å². The number of allylic oxidation sites excluding steroid dienone is 10. The Hall–Kier alpha value is -2.72. The van der Waals surface area contributed by atoms with Gasteiger partial charge >= 0.3 is 0 Å². The maximum atomic E-state index is 7.20. The first kappa shape index (κ1) is 37.3. The average molecular weight is 763 g/mol. The Kier molecular flexibility index (Phi) is 8.44. The third-order valence-electron chi connectivity index (χ3n) is 18.0. The van der Waals surface area contributed by atoms with E-state index in [1.807, 2.05) is 11.0 Å². The third-order valence-corrected chi connectivity index (χ3v) is 18.0. The molecule has 9 atom stereocenters. The van der Waals surface area contributed by atoms with Gasteiger partial charge < -0.3 is 9.64 Å². The maximum Gasteiger partial charge on any atom is 0.214 e. The van der Waals surface area contributed by atoms with E-state index < -0.39 is 0 Å². The van der Waals surface area contributed by atoms with Crippen LogP contribution in [0.5, 0.6) is 0 Å². The summed E-state index contributed by atoms with van der Waals surface area (Å²) in [5.41, 5.74) is 12.8. The van der Waals surface area contributed by atoms with Crippen LogP contribution in [-0.2, 0) is 4.74 Å². The monoisotopic (exact) mass is 763 g/mol. The lowest BCUT2D eigenvalue weighted by Crippen LogP contribution is -2.67. The second-order valence-corrected chi connectivity index (χ2v) is 23.1. The summed E-state index contributed by atoms with van der Waals surface area (Å²) in [5, 5.41) is 0. The summed E-state index contributed by atoms with van der Waals surface area (Å²) in [4.78, 5) is 6.34. The summed E-state index contributed by atoms with van der Waals surface area (Å²) in [6.07, 6.45) is 43.7. The first-order valence-electron chi connectivity index (χ1n) is 23.8. The topological polar surface area (TPSA) is 15.7 Å². The van der Waals surface area contributed by atoms with E-state index in [2.05, 4.69) is 126 Å². The van der Waals surface area contributed by atoms with Gasteiger partial charge in [0, 0.05) is 40.7 Å². The molecule has 3 nitrogen and oxygen atoms in total. The number of nitrogens with zero attached hydrogens (tertiary/aromatic N) is 2. The van der Waals surface area contributed by atoms with Crippen LogP contribution < -0.4 is 0 Å². The fraction of sp³-hybridized carbons (Fsp3) is 0.660. The van der Waals surface area contributed by atoms with Gasteiger partial charge in [-0.05, 0) is 141 Å². The first-order valence-corrected chi connectivity index (χ1v) is 23.8. The molecule has 4 heteroatoms. The van der Waals surface area contributed by atoms with Crippen LogP contribution in [-0.4, -0.2) is 52.3 Å². The summed E-state index contributed by atoms with van der Waals surface area (Å²) >= 11 is 0. The van der Waals surface area contributed by atoms with Crippen molar-refractivity contribution < 1.29 is 4.74 Å². The molecule has 0 amide bonds. The number of ether oxygens (including phenoxy) is 1. The third kappa shape index (κ3) is 5.26. The zero-order chi connectivity index (χ0) is 39.2. The van der Waals surface area contributed by atoms with E-state index in [1.54, 1.807) is 22.3 Å². The molecule has 9 unspecified atom stereocenters. The molecule has 1 saturated carbocycles. The van der Waals surface area contributed by atoms with Gasteiger partial charge in [0.05, 0.1) is 6.04 Å². The molecule has 2 saturated heterocycles. The molecule has 7 aliphatic carbocycles. The lowest BCUT2D eigenvalue weighted by molar-refractivity contribution is 0.000457. The Labute approximate surface area is 346 Å². The van der Waals surface area contributed by atoms with Crippen molar-refractivity contribution in [3.8, 4) is 0 Å². The normalized spacial score (nSPS) is 38.8. The van der Waals surface area contributed by atoms with Gasteiger partial charge in [-0.1, -0.05) is 126 Å². The van der Waals surface area contributed by atoms with Crippen molar-refractivity contribution in [3.05, 3.63) is 105 Å². The fourth-order valence-electron chi connectivity index (χ4n) is 15.5. The lowest BCUT2D eigenvalue weighted by atomic mass is 9.24. The van der Waals surface area contributed by atoms with Gasteiger partial charge in [0.25, 0.3) is 0 Å². The SMILES string of the molecule is CC(C)(C)C1=C2C3C(C=C1)B1C4=CC(C(C)(C)C)CCC4N(C4CC=CC5=C4OC4C=CCCC54)C4=C1C(CC(C1=CCCC=C1)C4)N3C(C)(C)C21CCCCC1. The molecule has 57 heavy (non-hydrogen) atoms. The highest BCUT2D eigenvalue weighted by atomic mass is 16.5. The molecule has 4 aliphatic heterocycles. The molecular formula is C53H71BN2O. The van der Waals surface area contributed by atoms with E-state index in [9.17, 15) is 0 Å². The molecule has 11 rings (SSSR count). The molecular weight excluding hydrogens is 691 g/mol. The Morgan fingerprint density at radius 1 is 0.825 bits per heavy atom. The van der Waals surface area contributed by atoms with Crippen LogP contribution in [0.25, 0.3) is 0 Å². The number of hydrogen-bond donors (Lipinski definition) is 0. The second kappa shape index (κ2) is 12.9. The number of hydrogen-bond acceptors (Lipinski definition) is 3. The summed E-state index contributed by atoms with van der Waals surface area (Å²) < 4.78 is 7.20. The average Bonchev–Trinajstić information content (AvgIpc) is 3.67. The fourth-order valence-corrected chi connectivity index (χ4v) is 15.5. The van der Waals surface area contributed by atoms with Gasteiger partial charge in [-0.25, -0.2) is 0 Å². The molecule has 4 heterocycles. The predicted octanol–water partition coefficient (Wildman–Crippen LogP) is 12.6. The summed E-state index contributed by atoms with van der Waals surface area (Å²) in [6, 6.07) is 1.64. The van der Waals surface area contributed by atoms with Crippen molar-refractivity contribution >= 4 is 6.71 Å². The van der Waals surface area contributed by atoms with Crippen LogP contribution in [0.15, 0.2) is 105 Å². The Bertz CT molecular complexity index is 2010. The highest BCUT2D eigenvalue weighted by Crippen LogP contribution is 2.70.